The number of aromatic nitrogens is 2. The predicted molar refractivity (Wildman–Crippen MR) is 342 cm³/mol. The summed E-state index contributed by atoms with van der Waals surface area (Å²) < 4.78 is 4.38. The third kappa shape index (κ3) is 17.8. The first-order valence-electron chi connectivity index (χ1n) is 23.6. The average molecular weight is 1410 g/mol. The summed E-state index contributed by atoms with van der Waals surface area (Å²) in [4.78, 5) is 25.8. The first kappa shape index (κ1) is 64.1. The molecule has 1 radical (unpaired) electrons. The summed E-state index contributed by atoms with van der Waals surface area (Å²) in [6.45, 7) is 35.6. The molecule has 2 aliphatic rings. The molecule has 71 heavy (non-hydrogen) atoms. The van der Waals surface area contributed by atoms with Gasteiger partial charge in [-0.05, 0) is 54.1 Å². The maximum absolute atomic E-state index is 5.26. The Balaban J connectivity index is 0.000000304. The molecule has 0 unspecified atom stereocenters. The molecule has 6 rings (SSSR count). The van der Waals surface area contributed by atoms with Crippen LogP contribution in [0.25, 0.3) is 11.1 Å². The standard InChI is InChI=1S/2C27H33Br2N2S4.Co/c2*1-14(2)32-24-20(28)26(34-16(5)6)30-22(24)19(18-12-10-9-11-13-18)23-25(33-15(3)4)21(29)27(31-23)35-17(7)8;/h2*9-17H,1-8H3;/q2*-1;+2/b2*22-19-;. The van der Waals surface area contributed by atoms with Gasteiger partial charge in [-0.25, -0.2) is 9.98 Å². The van der Waals surface area contributed by atoms with Gasteiger partial charge in [-0.15, -0.1) is 105 Å². The van der Waals surface area contributed by atoms with E-state index in [0.29, 0.717) is 42.0 Å². The molecule has 0 spiro atoms. The van der Waals surface area contributed by atoms with Crippen LogP contribution in [0, 0.1) is 0 Å². The van der Waals surface area contributed by atoms with Gasteiger partial charge in [-0.3, -0.25) is 0 Å². The van der Waals surface area contributed by atoms with Gasteiger partial charge in [-0.1, -0.05) is 213 Å². The summed E-state index contributed by atoms with van der Waals surface area (Å²) in [7, 11) is 0. The van der Waals surface area contributed by atoms with Crippen LogP contribution in [0.15, 0.2) is 130 Å². The van der Waals surface area contributed by atoms with Crippen molar-refractivity contribution in [1.29, 1.82) is 0 Å². The molecule has 4 nitrogen and oxygen atoms in total. The van der Waals surface area contributed by atoms with Gasteiger partial charge >= 0.3 is 16.8 Å². The van der Waals surface area contributed by atoms with Gasteiger partial charge in [0.25, 0.3) is 0 Å². The van der Waals surface area contributed by atoms with Gasteiger partial charge in [0.2, 0.25) is 0 Å². The number of halogens is 4. The SMILES string of the molecule is CC(C)SC1=N/C(=C(/c2ccccc2)c2[n-]c(SC(C)C)c(Br)c2SC(C)C)C(SC(C)C)=C1Br.CC(C)SC1=N/C(=C(/c2ccccc2)c2[n-]c(SC(C)C)c(Br)c2SC(C)C)C(SC(C)C)=C1Br.[Co+2]. The molecule has 4 aromatic rings. The molecule has 387 valence electrons. The number of thioether (sulfide) groups is 8. The molecular formula is C54H66Br4CoN4S8. The molecule has 4 heterocycles. The van der Waals surface area contributed by atoms with Crippen molar-refractivity contribution in [3.8, 4) is 0 Å². The van der Waals surface area contributed by atoms with Crippen LogP contribution < -0.4 is 9.97 Å². The fraction of sp³-hybridized carbons (Fsp3) is 0.444. The molecule has 0 bridgehead atoms. The van der Waals surface area contributed by atoms with Crippen LogP contribution in [0.2, 0.25) is 0 Å². The Hall–Kier alpha value is 0.526. The Morgan fingerprint density at radius 3 is 0.944 bits per heavy atom. The molecule has 17 heteroatoms. The molecule has 2 aliphatic heterocycles. The van der Waals surface area contributed by atoms with Crippen molar-refractivity contribution in [3.05, 3.63) is 122 Å². The summed E-state index contributed by atoms with van der Waals surface area (Å²) in [6.07, 6.45) is 0. The molecule has 0 fully saturated rings. The van der Waals surface area contributed by atoms with Crippen LogP contribution in [0.4, 0.5) is 0 Å². The van der Waals surface area contributed by atoms with Crippen molar-refractivity contribution in [2.75, 3.05) is 0 Å². The second-order valence-electron chi connectivity index (χ2n) is 18.4. The second kappa shape index (κ2) is 30.0. The fourth-order valence-corrected chi connectivity index (χ4v) is 17.4. The van der Waals surface area contributed by atoms with Crippen LogP contribution in [-0.2, 0) is 16.8 Å². The van der Waals surface area contributed by atoms with E-state index in [-0.39, 0.29) is 16.8 Å². The van der Waals surface area contributed by atoms with Gasteiger partial charge in [0.1, 0.15) is 10.1 Å². The Morgan fingerprint density at radius 2 is 0.676 bits per heavy atom. The van der Waals surface area contributed by atoms with Crippen LogP contribution >= 0.6 is 158 Å². The maximum atomic E-state index is 5.26. The first-order chi connectivity index (χ1) is 33.0. The van der Waals surface area contributed by atoms with E-state index in [1.807, 2.05) is 47.0 Å². The topological polar surface area (TPSA) is 52.9 Å². The Bertz CT molecular complexity index is 2450. The van der Waals surface area contributed by atoms with Crippen molar-refractivity contribution in [3.63, 3.8) is 0 Å². The van der Waals surface area contributed by atoms with E-state index in [1.165, 1.54) is 19.6 Å². The summed E-state index contributed by atoms with van der Waals surface area (Å²) in [5.74, 6) is 0. The zero-order chi connectivity index (χ0) is 51.7. The van der Waals surface area contributed by atoms with E-state index in [9.17, 15) is 0 Å². The van der Waals surface area contributed by atoms with E-state index in [4.69, 9.17) is 20.0 Å². The minimum atomic E-state index is 0. The molecule has 0 saturated heterocycles. The zero-order valence-electron chi connectivity index (χ0n) is 43.3. The van der Waals surface area contributed by atoms with Crippen molar-refractivity contribution >= 4 is 179 Å². The smallest absolute Gasteiger partial charge is 0.650 e. The minimum Gasteiger partial charge on any atom is -0.650 e. The predicted octanol–water partition coefficient (Wildman–Crippen LogP) is 20.9. The number of benzene rings is 2. The van der Waals surface area contributed by atoms with Crippen molar-refractivity contribution in [2.24, 2.45) is 9.98 Å². The third-order valence-corrected chi connectivity index (χ3v) is 22.7. The first-order valence-corrected chi connectivity index (χ1v) is 33.8. The number of hydrogen-bond acceptors (Lipinski definition) is 10. The molecule has 2 aromatic carbocycles. The summed E-state index contributed by atoms with van der Waals surface area (Å²) in [6, 6.07) is 21.3. The van der Waals surface area contributed by atoms with E-state index in [0.717, 1.165) is 83.1 Å². The summed E-state index contributed by atoms with van der Waals surface area (Å²) in [5.41, 5.74) is 8.54. The van der Waals surface area contributed by atoms with Crippen molar-refractivity contribution < 1.29 is 16.8 Å². The largest absolute Gasteiger partial charge is 2.00 e. The van der Waals surface area contributed by atoms with Crippen LogP contribution in [-0.4, -0.2) is 52.1 Å². The number of aliphatic imine (C=N–C) groups is 2. The monoisotopic (exact) mass is 1400 g/mol. The maximum Gasteiger partial charge on any atom is 2.00 e. The van der Waals surface area contributed by atoms with Crippen LogP contribution in [0.3, 0.4) is 0 Å². The second-order valence-corrected chi connectivity index (χ2v) is 34.2. The van der Waals surface area contributed by atoms with E-state index in [1.54, 1.807) is 47.0 Å². The molecule has 0 aliphatic carbocycles. The molecule has 0 amide bonds. The molecule has 0 atom stereocenters. The Morgan fingerprint density at radius 1 is 0.394 bits per heavy atom. The Labute approximate surface area is 504 Å². The quantitative estimate of drug-likeness (QED) is 0.0901. The van der Waals surface area contributed by atoms with Gasteiger partial charge in [-0.2, -0.15) is 0 Å². The molecule has 2 aromatic heterocycles. The number of hydrogen-bond donors (Lipinski definition) is 0. The van der Waals surface area contributed by atoms with E-state index < -0.39 is 0 Å². The van der Waals surface area contributed by atoms with Gasteiger partial charge in [0.05, 0.1) is 30.2 Å². The fourth-order valence-electron chi connectivity index (χ4n) is 6.85. The molecule has 0 N–H and O–H groups in total. The average Bonchev–Trinajstić information content (AvgIpc) is 3.92. The van der Waals surface area contributed by atoms with Crippen molar-refractivity contribution in [1.82, 2.24) is 9.97 Å². The van der Waals surface area contributed by atoms with E-state index in [2.05, 4.69) is 235 Å². The third-order valence-electron chi connectivity index (χ3n) is 9.14. The molecule has 0 saturated carbocycles. The normalized spacial score (nSPS) is 15.7. The Kier molecular flexibility index (Phi) is 27.1. The van der Waals surface area contributed by atoms with Gasteiger partial charge in [0.15, 0.2) is 0 Å². The zero-order valence-corrected chi connectivity index (χ0v) is 57.2. The summed E-state index contributed by atoms with van der Waals surface area (Å²) in [5, 5.41) is 7.68. The van der Waals surface area contributed by atoms with Gasteiger partial charge in [0, 0.05) is 60.7 Å². The van der Waals surface area contributed by atoms with E-state index >= 15 is 0 Å². The summed E-state index contributed by atoms with van der Waals surface area (Å²) >= 11 is 30.4. The van der Waals surface area contributed by atoms with Crippen molar-refractivity contribution in [2.45, 2.75) is 173 Å². The van der Waals surface area contributed by atoms with Gasteiger partial charge < -0.3 is 9.97 Å². The number of rotatable bonds is 18. The van der Waals surface area contributed by atoms with Crippen LogP contribution in [0.5, 0.6) is 0 Å². The van der Waals surface area contributed by atoms with Crippen LogP contribution in [0.1, 0.15) is 133 Å². The number of nitrogens with zero attached hydrogens (tertiary/aromatic N) is 4. The minimum absolute atomic E-state index is 0. The molecular weight excluding hydrogens is 1340 g/mol.